The first-order chi connectivity index (χ1) is 8.77. The maximum absolute atomic E-state index is 11.6. The highest BCUT2D eigenvalue weighted by molar-refractivity contribution is 7.90. The van der Waals surface area contributed by atoms with Crippen LogP contribution in [0.1, 0.15) is 36.3 Å². The van der Waals surface area contributed by atoms with Crippen LogP contribution in [0.5, 0.6) is 0 Å². The summed E-state index contributed by atoms with van der Waals surface area (Å²) >= 11 is 0. The van der Waals surface area contributed by atoms with Crippen molar-refractivity contribution < 1.29 is 17.9 Å². The SMILES string of the molecule is CCOC(=O)C(C)c1ccc(C(N)S(C)(=O)=O)cc1. The van der Waals surface area contributed by atoms with Crippen molar-refractivity contribution >= 4 is 15.8 Å². The fourth-order valence-electron chi connectivity index (χ4n) is 1.62. The Labute approximate surface area is 113 Å². The standard InChI is InChI=1S/C13H19NO4S/c1-4-18-13(15)9(2)10-5-7-11(8-6-10)12(14)19(3,16)17/h5-9,12H,4,14H2,1-3H3. The molecule has 0 fully saturated rings. The van der Waals surface area contributed by atoms with Gasteiger partial charge in [-0.05, 0) is 25.0 Å². The van der Waals surface area contributed by atoms with Crippen LogP contribution in [-0.4, -0.2) is 27.2 Å². The molecule has 1 rings (SSSR count). The molecule has 1 aromatic carbocycles. The average molecular weight is 285 g/mol. The van der Waals surface area contributed by atoms with Gasteiger partial charge in [0.25, 0.3) is 0 Å². The van der Waals surface area contributed by atoms with E-state index in [2.05, 4.69) is 0 Å². The van der Waals surface area contributed by atoms with Crippen LogP contribution in [0.15, 0.2) is 24.3 Å². The minimum Gasteiger partial charge on any atom is -0.466 e. The average Bonchev–Trinajstić information content (AvgIpc) is 2.36. The maximum atomic E-state index is 11.6. The number of carbonyl (C=O) groups excluding carboxylic acids is 1. The second-order valence-electron chi connectivity index (χ2n) is 4.39. The summed E-state index contributed by atoms with van der Waals surface area (Å²) in [4.78, 5) is 11.6. The molecule has 0 aromatic heterocycles. The van der Waals surface area contributed by atoms with E-state index in [4.69, 9.17) is 10.5 Å². The van der Waals surface area contributed by atoms with E-state index in [-0.39, 0.29) is 11.9 Å². The molecule has 2 N–H and O–H groups in total. The van der Waals surface area contributed by atoms with Crippen LogP contribution in [-0.2, 0) is 19.4 Å². The predicted octanol–water partition coefficient (Wildman–Crippen LogP) is 1.36. The van der Waals surface area contributed by atoms with Gasteiger partial charge in [-0.25, -0.2) is 8.42 Å². The van der Waals surface area contributed by atoms with Crippen molar-refractivity contribution in [1.29, 1.82) is 0 Å². The number of carbonyl (C=O) groups is 1. The van der Waals surface area contributed by atoms with Crippen LogP contribution in [0.3, 0.4) is 0 Å². The van der Waals surface area contributed by atoms with E-state index < -0.39 is 15.2 Å². The molecule has 106 valence electrons. The van der Waals surface area contributed by atoms with Crippen LogP contribution < -0.4 is 5.73 Å². The molecule has 0 aliphatic carbocycles. The highest BCUT2D eigenvalue weighted by Crippen LogP contribution is 2.21. The number of nitrogens with two attached hydrogens (primary N) is 1. The third kappa shape index (κ3) is 4.04. The highest BCUT2D eigenvalue weighted by atomic mass is 32.2. The van der Waals surface area contributed by atoms with Crippen molar-refractivity contribution in [1.82, 2.24) is 0 Å². The van der Waals surface area contributed by atoms with Crippen LogP contribution in [0, 0.1) is 0 Å². The summed E-state index contributed by atoms with van der Waals surface area (Å²) < 4.78 is 27.6. The minimum absolute atomic E-state index is 0.303. The van der Waals surface area contributed by atoms with E-state index in [1.807, 2.05) is 0 Å². The Bertz CT molecular complexity index is 536. The number of hydrogen-bond donors (Lipinski definition) is 1. The molecular formula is C13H19NO4S. The molecule has 2 atom stereocenters. The minimum atomic E-state index is -3.33. The Kier molecular flexibility index (Phi) is 5.08. The van der Waals surface area contributed by atoms with Gasteiger partial charge < -0.3 is 10.5 Å². The highest BCUT2D eigenvalue weighted by Gasteiger charge is 2.20. The lowest BCUT2D eigenvalue weighted by Gasteiger charge is -2.13. The van der Waals surface area contributed by atoms with Crippen molar-refractivity contribution in [3.8, 4) is 0 Å². The first-order valence-corrected chi connectivity index (χ1v) is 7.93. The Morgan fingerprint density at radius 2 is 1.74 bits per heavy atom. The van der Waals surface area contributed by atoms with E-state index in [1.165, 1.54) is 0 Å². The third-order valence-electron chi connectivity index (χ3n) is 2.87. The summed E-state index contributed by atoms with van der Waals surface area (Å²) in [5.74, 6) is -0.689. The molecule has 0 spiro atoms. The van der Waals surface area contributed by atoms with Crippen molar-refractivity contribution in [2.24, 2.45) is 5.73 Å². The molecule has 0 saturated carbocycles. The monoisotopic (exact) mass is 285 g/mol. The zero-order valence-corrected chi connectivity index (χ0v) is 12.1. The van der Waals surface area contributed by atoms with E-state index in [9.17, 15) is 13.2 Å². The number of esters is 1. The van der Waals surface area contributed by atoms with Crippen LogP contribution in [0.25, 0.3) is 0 Å². The van der Waals surface area contributed by atoms with Gasteiger partial charge in [-0.3, -0.25) is 4.79 Å². The van der Waals surface area contributed by atoms with Gasteiger partial charge >= 0.3 is 5.97 Å². The summed E-state index contributed by atoms with van der Waals surface area (Å²) in [6.45, 7) is 3.82. The number of ether oxygens (including phenoxy) is 1. The van der Waals surface area contributed by atoms with Gasteiger partial charge in [0.1, 0.15) is 5.37 Å². The first kappa shape index (κ1) is 15.7. The molecule has 19 heavy (non-hydrogen) atoms. The molecule has 0 aliphatic rings. The number of sulfone groups is 1. The number of hydrogen-bond acceptors (Lipinski definition) is 5. The summed E-state index contributed by atoms with van der Waals surface area (Å²) in [6.07, 6.45) is 1.09. The summed E-state index contributed by atoms with van der Waals surface area (Å²) in [5.41, 5.74) is 6.89. The predicted molar refractivity (Wildman–Crippen MR) is 73.3 cm³/mol. The first-order valence-electron chi connectivity index (χ1n) is 5.98. The lowest BCUT2D eigenvalue weighted by molar-refractivity contribution is -0.144. The molecule has 0 aliphatic heterocycles. The largest absolute Gasteiger partial charge is 0.466 e. The second kappa shape index (κ2) is 6.16. The van der Waals surface area contributed by atoms with E-state index in [0.29, 0.717) is 12.2 Å². The molecule has 0 saturated heterocycles. The normalized spacial score (nSPS) is 14.7. The van der Waals surface area contributed by atoms with Gasteiger partial charge in [0.05, 0.1) is 12.5 Å². The van der Waals surface area contributed by atoms with Crippen LogP contribution in [0.4, 0.5) is 0 Å². The topological polar surface area (TPSA) is 86.5 Å². The molecule has 0 radical (unpaired) electrons. The van der Waals surface area contributed by atoms with Crippen molar-refractivity contribution in [3.05, 3.63) is 35.4 Å². The molecule has 0 bridgehead atoms. The quantitative estimate of drug-likeness (QED) is 0.825. The Morgan fingerprint density at radius 1 is 1.26 bits per heavy atom. The summed E-state index contributed by atoms with van der Waals surface area (Å²) in [7, 11) is -3.33. The molecule has 6 heteroatoms. The second-order valence-corrected chi connectivity index (χ2v) is 6.56. The fourth-order valence-corrected chi connectivity index (χ4v) is 2.28. The van der Waals surface area contributed by atoms with Crippen LogP contribution >= 0.6 is 0 Å². The Morgan fingerprint density at radius 3 is 2.16 bits per heavy atom. The van der Waals surface area contributed by atoms with Gasteiger partial charge in [-0.15, -0.1) is 0 Å². The molecule has 1 aromatic rings. The molecule has 0 amide bonds. The van der Waals surface area contributed by atoms with Crippen molar-refractivity contribution in [2.75, 3.05) is 12.9 Å². The van der Waals surface area contributed by atoms with Gasteiger partial charge in [-0.1, -0.05) is 24.3 Å². The van der Waals surface area contributed by atoms with Gasteiger partial charge in [0.15, 0.2) is 9.84 Å². The Hall–Kier alpha value is -1.40. The smallest absolute Gasteiger partial charge is 0.313 e. The molecule has 2 unspecified atom stereocenters. The number of benzene rings is 1. The van der Waals surface area contributed by atoms with Crippen molar-refractivity contribution in [3.63, 3.8) is 0 Å². The van der Waals surface area contributed by atoms with Crippen molar-refractivity contribution in [2.45, 2.75) is 25.1 Å². The van der Waals surface area contributed by atoms with Gasteiger partial charge in [0.2, 0.25) is 0 Å². The summed E-state index contributed by atoms with van der Waals surface area (Å²) in [5, 5.41) is -1.04. The van der Waals surface area contributed by atoms with E-state index >= 15 is 0 Å². The zero-order valence-electron chi connectivity index (χ0n) is 11.3. The van der Waals surface area contributed by atoms with E-state index in [1.54, 1.807) is 38.1 Å². The maximum Gasteiger partial charge on any atom is 0.313 e. The molecular weight excluding hydrogens is 266 g/mol. The van der Waals surface area contributed by atoms with Crippen LogP contribution in [0.2, 0.25) is 0 Å². The molecule has 0 heterocycles. The zero-order chi connectivity index (χ0) is 14.6. The van der Waals surface area contributed by atoms with Gasteiger partial charge in [0, 0.05) is 6.26 Å². The Balaban J connectivity index is 2.91. The fraction of sp³-hybridized carbons (Fsp3) is 0.462. The summed E-state index contributed by atoms with van der Waals surface area (Å²) in [6, 6.07) is 6.64. The van der Waals surface area contributed by atoms with E-state index in [0.717, 1.165) is 11.8 Å². The third-order valence-corrected chi connectivity index (χ3v) is 4.06. The molecule has 5 nitrogen and oxygen atoms in total. The lowest BCUT2D eigenvalue weighted by Crippen LogP contribution is -2.20. The lowest BCUT2D eigenvalue weighted by atomic mass is 10.00. The number of rotatable bonds is 5. The van der Waals surface area contributed by atoms with Gasteiger partial charge in [-0.2, -0.15) is 0 Å².